The van der Waals surface area contributed by atoms with Gasteiger partial charge < -0.3 is 9.47 Å². The number of ketones is 1. The van der Waals surface area contributed by atoms with E-state index in [1.165, 1.54) is 0 Å². The third kappa shape index (κ3) is 2.92. The van der Waals surface area contributed by atoms with Crippen molar-refractivity contribution in [1.82, 2.24) is 0 Å². The van der Waals surface area contributed by atoms with E-state index in [4.69, 9.17) is 9.47 Å². The highest BCUT2D eigenvalue weighted by Gasteiger charge is 2.19. The van der Waals surface area contributed by atoms with Crippen molar-refractivity contribution in [3.63, 3.8) is 0 Å². The highest BCUT2D eigenvalue weighted by molar-refractivity contribution is 5.96. The largest absolute Gasteiger partial charge is 0.454 e. The summed E-state index contributed by atoms with van der Waals surface area (Å²) in [7, 11) is 0. The molecule has 1 heterocycles. The van der Waals surface area contributed by atoms with Gasteiger partial charge in [-0.1, -0.05) is 43.3 Å². The van der Waals surface area contributed by atoms with Crippen molar-refractivity contribution in [2.24, 2.45) is 0 Å². The second kappa shape index (κ2) is 6.00. The molecular weight excluding hydrogens is 264 g/mol. The fourth-order valence-corrected chi connectivity index (χ4v) is 2.63. The number of carbonyl (C=O) groups is 1. The van der Waals surface area contributed by atoms with E-state index in [0.717, 1.165) is 29.0 Å². The Morgan fingerprint density at radius 1 is 1.10 bits per heavy atom. The van der Waals surface area contributed by atoms with E-state index in [2.05, 4.69) is 6.92 Å². The molecule has 2 aromatic carbocycles. The molecule has 0 aliphatic carbocycles. The van der Waals surface area contributed by atoms with Gasteiger partial charge in [0.25, 0.3) is 0 Å². The molecule has 0 N–H and O–H groups in total. The molecule has 108 valence electrons. The Morgan fingerprint density at radius 2 is 1.86 bits per heavy atom. The average Bonchev–Trinajstić information content (AvgIpc) is 3.00. The van der Waals surface area contributed by atoms with Gasteiger partial charge in [-0.05, 0) is 30.0 Å². The van der Waals surface area contributed by atoms with E-state index in [-0.39, 0.29) is 18.5 Å². The highest BCUT2D eigenvalue weighted by atomic mass is 16.7. The van der Waals surface area contributed by atoms with Crippen LogP contribution in [0.2, 0.25) is 0 Å². The summed E-state index contributed by atoms with van der Waals surface area (Å²) in [6.45, 7) is 2.38. The monoisotopic (exact) mass is 282 g/mol. The Balaban J connectivity index is 1.78. The number of Topliss-reactive ketones (excluding diaryl/α,β-unsaturated/α-hetero) is 1. The molecule has 3 nitrogen and oxygen atoms in total. The maximum Gasteiger partial charge on any atom is 0.231 e. The summed E-state index contributed by atoms with van der Waals surface area (Å²) >= 11 is 0. The van der Waals surface area contributed by atoms with Crippen molar-refractivity contribution in [2.75, 3.05) is 6.79 Å². The summed E-state index contributed by atoms with van der Waals surface area (Å²) in [6, 6.07) is 15.4. The quantitative estimate of drug-likeness (QED) is 0.772. The molecule has 0 saturated carbocycles. The number of hydrogen-bond acceptors (Lipinski definition) is 3. The summed E-state index contributed by atoms with van der Waals surface area (Å²) in [5.41, 5.74) is 1.91. The Labute approximate surface area is 124 Å². The number of ether oxygens (including phenoxy) is 2. The lowest BCUT2D eigenvalue weighted by atomic mass is 9.89. The van der Waals surface area contributed by atoms with Crippen LogP contribution in [0.1, 0.15) is 41.6 Å². The highest BCUT2D eigenvalue weighted by Crippen LogP contribution is 2.36. The third-order valence-corrected chi connectivity index (χ3v) is 3.89. The predicted octanol–water partition coefficient (Wildman–Crippen LogP) is 4.18. The zero-order valence-electron chi connectivity index (χ0n) is 12.0. The molecule has 0 bridgehead atoms. The second-order valence-electron chi connectivity index (χ2n) is 5.21. The first-order valence-corrected chi connectivity index (χ1v) is 7.25. The van der Waals surface area contributed by atoms with E-state index < -0.39 is 0 Å². The van der Waals surface area contributed by atoms with Gasteiger partial charge in [0.2, 0.25) is 6.79 Å². The van der Waals surface area contributed by atoms with Gasteiger partial charge in [-0.15, -0.1) is 0 Å². The van der Waals surface area contributed by atoms with Crippen LogP contribution in [0.4, 0.5) is 0 Å². The lowest BCUT2D eigenvalue weighted by Crippen LogP contribution is -2.07. The SMILES string of the molecule is CCC(CC(=O)c1ccccc1)c1ccc2c(c1)OCO2. The van der Waals surface area contributed by atoms with Gasteiger partial charge in [0, 0.05) is 12.0 Å². The van der Waals surface area contributed by atoms with Crippen LogP contribution in [0.25, 0.3) is 0 Å². The van der Waals surface area contributed by atoms with Crippen LogP contribution in [0.5, 0.6) is 11.5 Å². The van der Waals surface area contributed by atoms with E-state index >= 15 is 0 Å². The fraction of sp³-hybridized carbons (Fsp3) is 0.278. The summed E-state index contributed by atoms with van der Waals surface area (Å²) in [5.74, 6) is 1.94. The summed E-state index contributed by atoms with van der Waals surface area (Å²) in [6.07, 6.45) is 1.43. The van der Waals surface area contributed by atoms with Gasteiger partial charge in [0.15, 0.2) is 17.3 Å². The predicted molar refractivity (Wildman–Crippen MR) is 81.0 cm³/mol. The summed E-state index contributed by atoms with van der Waals surface area (Å²) in [5, 5.41) is 0. The molecule has 2 aromatic rings. The molecule has 1 unspecified atom stereocenters. The van der Waals surface area contributed by atoms with Crippen LogP contribution in [0.15, 0.2) is 48.5 Å². The first-order chi connectivity index (χ1) is 10.3. The van der Waals surface area contributed by atoms with Gasteiger partial charge in [0.1, 0.15) is 0 Å². The number of rotatable bonds is 5. The molecule has 0 radical (unpaired) electrons. The van der Waals surface area contributed by atoms with E-state index in [1.54, 1.807) is 0 Å². The van der Waals surface area contributed by atoms with Gasteiger partial charge >= 0.3 is 0 Å². The van der Waals surface area contributed by atoms with Crippen molar-refractivity contribution in [3.8, 4) is 11.5 Å². The van der Waals surface area contributed by atoms with Crippen molar-refractivity contribution in [3.05, 3.63) is 59.7 Å². The van der Waals surface area contributed by atoms with Gasteiger partial charge in [-0.25, -0.2) is 0 Å². The third-order valence-electron chi connectivity index (χ3n) is 3.89. The Hall–Kier alpha value is -2.29. The molecule has 0 fully saturated rings. The van der Waals surface area contributed by atoms with Gasteiger partial charge in [-0.3, -0.25) is 4.79 Å². The van der Waals surface area contributed by atoms with Crippen LogP contribution < -0.4 is 9.47 Å². The molecule has 0 spiro atoms. The van der Waals surface area contributed by atoms with E-state index in [1.807, 2.05) is 48.5 Å². The molecule has 0 amide bonds. The molecule has 21 heavy (non-hydrogen) atoms. The minimum Gasteiger partial charge on any atom is -0.454 e. The van der Waals surface area contributed by atoms with E-state index in [0.29, 0.717) is 6.42 Å². The normalized spacial score (nSPS) is 14.0. The minimum atomic E-state index is 0.181. The van der Waals surface area contributed by atoms with Crippen LogP contribution in [-0.4, -0.2) is 12.6 Å². The summed E-state index contributed by atoms with van der Waals surface area (Å²) in [4.78, 5) is 12.4. The zero-order valence-corrected chi connectivity index (χ0v) is 12.0. The number of benzene rings is 2. The fourth-order valence-electron chi connectivity index (χ4n) is 2.63. The van der Waals surface area contributed by atoms with Crippen LogP contribution in [0.3, 0.4) is 0 Å². The first kappa shape index (κ1) is 13.7. The molecule has 3 heteroatoms. The van der Waals surface area contributed by atoms with E-state index in [9.17, 15) is 4.79 Å². The molecule has 0 saturated heterocycles. The second-order valence-corrected chi connectivity index (χ2v) is 5.21. The van der Waals surface area contributed by atoms with Crippen molar-refractivity contribution in [2.45, 2.75) is 25.7 Å². The Bertz CT molecular complexity index is 634. The lowest BCUT2D eigenvalue weighted by molar-refractivity contribution is 0.0972. The van der Waals surface area contributed by atoms with Crippen LogP contribution in [-0.2, 0) is 0 Å². The van der Waals surface area contributed by atoms with Crippen LogP contribution >= 0.6 is 0 Å². The summed E-state index contributed by atoms with van der Waals surface area (Å²) < 4.78 is 10.7. The smallest absolute Gasteiger partial charge is 0.231 e. The molecule has 0 aromatic heterocycles. The molecule has 1 atom stereocenters. The zero-order chi connectivity index (χ0) is 14.7. The number of hydrogen-bond donors (Lipinski definition) is 0. The first-order valence-electron chi connectivity index (χ1n) is 7.25. The van der Waals surface area contributed by atoms with Gasteiger partial charge in [0.05, 0.1) is 0 Å². The Kier molecular flexibility index (Phi) is 3.91. The Morgan fingerprint density at radius 3 is 2.62 bits per heavy atom. The maximum absolute atomic E-state index is 12.4. The minimum absolute atomic E-state index is 0.181. The van der Waals surface area contributed by atoms with Crippen molar-refractivity contribution in [1.29, 1.82) is 0 Å². The average molecular weight is 282 g/mol. The maximum atomic E-state index is 12.4. The molecule has 3 rings (SSSR count). The standard InChI is InChI=1S/C18H18O3/c1-2-13(10-16(19)14-6-4-3-5-7-14)15-8-9-17-18(11-15)21-12-20-17/h3-9,11,13H,2,10,12H2,1H3. The topological polar surface area (TPSA) is 35.5 Å². The van der Waals surface area contributed by atoms with Crippen LogP contribution in [0, 0.1) is 0 Å². The van der Waals surface area contributed by atoms with Gasteiger partial charge in [-0.2, -0.15) is 0 Å². The van der Waals surface area contributed by atoms with Crippen molar-refractivity contribution < 1.29 is 14.3 Å². The number of fused-ring (bicyclic) bond motifs is 1. The molecular formula is C18H18O3. The van der Waals surface area contributed by atoms with Crippen molar-refractivity contribution >= 4 is 5.78 Å². The molecule has 1 aliphatic heterocycles. The lowest BCUT2D eigenvalue weighted by Gasteiger charge is -2.15. The number of carbonyl (C=O) groups excluding carboxylic acids is 1. The molecule has 1 aliphatic rings.